The van der Waals surface area contributed by atoms with E-state index in [0.29, 0.717) is 0 Å². The van der Waals surface area contributed by atoms with E-state index in [2.05, 4.69) is 10.1 Å². The lowest BCUT2D eigenvalue weighted by Gasteiger charge is -2.24. The van der Waals surface area contributed by atoms with E-state index in [1.54, 1.807) is 38.4 Å². The Morgan fingerprint density at radius 1 is 1.55 bits per heavy atom. The SMILES string of the molecule is CC(C)S(=O)(=O)N(CC/C(N)=N/O)Cc1cccnc1. The van der Waals surface area contributed by atoms with E-state index in [1.165, 1.54) is 4.31 Å². The van der Waals surface area contributed by atoms with E-state index in [4.69, 9.17) is 10.9 Å². The molecule has 0 saturated carbocycles. The van der Waals surface area contributed by atoms with E-state index >= 15 is 0 Å². The minimum absolute atomic E-state index is 0.000132. The molecule has 0 aliphatic heterocycles. The Hall–Kier alpha value is -1.67. The standard InChI is InChI=1S/C12H20N4O3S/c1-10(2)20(18,19)16(7-5-12(13)15-17)9-11-4-3-6-14-8-11/h3-4,6,8,10,17H,5,7,9H2,1-2H3,(H2,13,15). The van der Waals surface area contributed by atoms with Gasteiger partial charge in [-0.1, -0.05) is 11.2 Å². The average molecular weight is 300 g/mol. The minimum atomic E-state index is -3.43. The van der Waals surface area contributed by atoms with Gasteiger partial charge in [-0.15, -0.1) is 0 Å². The van der Waals surface area contributed by atoms with Gasteiger partial charge in [-0.3, -0.25) is 4.98 Å². The van der Waals surface area contributed by atoms with E-state index in [9.17, 15) is 8.42 Å². The van der Waals surface area contributed by atoms with Gasteiger partial charge in [-0.25, -0.2) is 8.42 Å². The molecule has 0 atom stereocenters. The maximum atomic E-state index is 12.3. The number of pyridine rings is 1. The van der Waals surface area contributed by atoms with Crippen LogP contribution in [0.5, 0.6) is 0 Å². The monoisotopic (exact) mass is 300 g/mol. The zero-order valence-electron chi connectivity index (χ0n) is 11.6. The number of nitrogens with zero attached hydrogens (tertiary/aromatic N) is 3. The third kappa shape index (κ3) is 4.46. The number of aromatic nitrogens is 1. The summed E-state index contributed by atoms with van der Waals surface area (Å²) in [6, 6.07) is 3.55. The van der Waals surface area contributed by atoms with E-state index in [1.807, 2.05) is 0 Å². The van der Waals surface area contributed by atoms with Gasteiger partial charge in [0.15, 0.2) is 0 Å². The van der Waals surface area contributed by atoms with Crippen LogP contribution in [-0.4, -0.2) is 40.5 Å². The predicted molar refractivity (Wildman–Crippen MR) is 76.7 cm³/mol. The summed E-state index contributed by atoms with van der Waals surface area (Å²) in [5, 5.41) is 10.9. The van der Waals surface area contributed by atoms with Crippen molar-refractivity contribution in [2.45, 2.75) is 32.1 Å². The quantitative estimate of drug-likeness (QED) is 0.334. The topological polar surface area (TPSA) is 109 Å². The Morgan fingerprint density at radius 3 is 2.75 bits per heavy atom. The predicted octanol–water partition coefficient (Wildman–Crippen LogP) is 0.758. The van der Waals surface area contributed by atoms with Crippen LogP contribution in [0.15, 0.2) is 29.7 Å². The molecular formula is C12H20N4O3S. The van der Waals surface area contributed by atoms with Crippen LogP contribution >= 0.6 is 0 Å². The second-order valence-electron chi connectivity index (χ2n) is 4.63. The van der Waals surface area contributed by atoms with Gasteiger partial charge in [-0.2, -0.15) is 4.31 Å². The lowest BCUT2D eigenvalue weighted by Crippen LogP contribution is -2.38. The maximum absolute atomic E-state index is 12.3. The average Bonchev–Trinajstić information content (AvgIpc) is 2.43. The number of hydrogen-bond donors (Lipinski definition) is 2. The Kier molecular flexibility index (Phi) is 5.90. The highest BCUT2D eigenvalue weighted by Gasteiger charge is 2.25. The van der Waals surface area contributed by atoms with Crippen molar-refractivity contribution in [2.75, 3.05) is 6.54 Å². The van der Waals surface area contributed by atoms with Gasteiger partial charge in [0, 0.05) is 31.9 Å². The molecule has 0 aliphatic rings. The summed E-state index contributed by atoms with van der Waals surface area (Å²) in [6.07, 6.45) is 3.41. The Balaban J connectivity index is 2.90. The number of sulfonamides is 1. The number of hydrogen-bond acceptors (Lipinski definition) is 5. The summed E-state index contributed by atoms with van der Waals surface area (Å²) in [5.74, 6) is 0.000132. The van der Waals surface area contributed by atoms with Crippen molar-refractivity contribution in [3.05, 3.63) is 30.1 Å². The second kappa shape index (κ2) is 7.20. The molecule has 20 heavy (non-hydrogen) atoms. The molecule has 0 aliphatic carbocycles. The zero-order chi connectivity index (χ0) is 15.2. The summed E-state index contributed by atoms with van der Waals surface area (Å²) in [7, 11) is -3.43. The molecule has 0 saturated heterocycles. The first kappa shape index (κ1) is 16.4. The number of oxime groups is 1. The fourth-order valence-corrected chi connectivity index (χ4v) is 2.85. The smallest absolute Gasteiger partial charge is 0.216 e. The van der Waals surface area contributed by atoms with Crippen LogP contribution in [0.4, 0.5) is 0 Å². The Labute approximate surface area is 119 Å². The highest BCUT2D eigenvalue weighted by Crippen LogP contribution is 2.13. The molecule has 1 heterocycles. The van der Waals surface area contributed by atoms with E-state index < -0.39 is 15.3 Å². The summed E-state index contributed by atoms with van der Waals surface area (Å²) < 4.78 is 25.9. The second-order valence-corrected chi connectivity index (χ2v) is 7.12. The molecule has 0 bridgehead atoms. The van der Waals surface area contributed by atoms with Crippen LogP contribution in [0.2, 0.25) is 0 Å². The summed E-state index contributed by atoms with van der Waals surface area (Å²) in [6.45, 7) is 3.61. The molecule has 0 amide bonds. The van der Waals surface area contributed by atoms with Crippen molar-refractivity contribution in [3.63, 3.8) is 0 Å². The van der Waals surface area contributed by atoms with Crippen molar-refractivity contribution in [1.82, 2.24) is 9.29 Å². The van der Waals surface area contributed by atoms with Gasteiger partial charge in [0.1, 0.15) is 5.84 Å². The van der Waals surface area contributed by atoms with Crippen molar-refractivity contribution >= 4 is 15.9 Å². The van der Waals surface area contributed by atoms with Crippen LogP contribution < -0.4 is 5.73 Å². The van der Waals surface area contributed by atoms with Crippen molar-refractivity contribution in [1.29, 1.82) is 0 Å². The number of nitrogens with two attached hydrogens (primary N) is 1. The summed E-state index contributed by atoms with van der Waals surface area (Å²) in [4.78, 5) is 3.97. The minimum Gasteiger partial charge on any atom is -0.409 e. The van der Waals surface area contributed by atoms with Gasteiger partial charge in [0.25, 0.3) is 0 Å². The van der Waals surface area contributed by atoms with Crippen LogP contribution in [-0.2, 0) is 16.6 Å². The molecule has 112 valence electrons. The molecule has 0 aromatic carbocycles. The van der Waals surface area contributed by atoms with Crippen LogP contribution in [0.25, 0.3) is 0 Å². The molecule has 1 aromatic heterocycles. The van der Waals surface area contributed by atoms with Gasteiger partial charge < -0.3 is 10.9 Å². The van der Waals surface area contributed by atoms with Gasteiger partial charge in [0.2, 0.25) is 10.0 Å². The third-order valence-corrected chi connectivity index (χ3v) is 5.01. The lowest BCUT2D eigenvalue weighted by atomic mass is 10.3. The van der Waals surface area contributed by atoms with Gasteiger partial charge in [-0.05, 0) is 25.5 Å². The Bertz CT molecular complexity index is 543. The number of amidine groups is 1. The molecule has 8 heteroatoms. The molecule has 0 unspecified atom stereocenters. The van der Waals surface area contributed by atoms with Crippen LogP contribution in [0.3, 0.4) is 0 Å². The fourth-order valence-electron chi connectivity index (χ4n) is 1.58. The van der Waals surface area contributed by atoms with E-state index in [-0.39, 0.29) is 25.3 Å². The first-order chi connectivity index (χ1) is 9.37. The van der Waals surface area contributed by atoms with Crippen LogP contribution in [0, 0.1) is 0 Å². The molecule has 0 fully saturated rings. The van der Waals surface area contributed by atoms with Gasteiger partial charge in [0.05, 0.1) is 5.25 Å². The molecule has 1 aromatic rings. The largest absolute Gasteiger partial charge is 0.409 e. The normalized spacial score (nSPS) is 13.1. The first-order valence-electron chi connectivity index (χ1n) is 6.22. The summed E-state index contributed by atoms with van der Waals surface area (Å²) >= 11 is 0. The van der Waals surface area contributed by atoms with Crippen molar-refractivity contribution < 1.29 is 13.6 Å². The molecule has 0 spiro atoms. The molecule has 1 rings (SSSR count). The fraction of sp³-hybridized carbons (Fsp3) is 0.500. The third-order valence-electron chi connectivity index (χ3n) is 2.78. The lowest BCUT2D eigenvalue weighted by molar-refractivity contribution is 0.315. The maximum Gasteiger partial charge on any atom is 0.216 e. The van der Waals surface area contributed by atoms with Crippen LogP contribution in [0.1, 0.15) is 25.8 Å². The zero-order valence-corrected chi connectivity index (χ0v) is 12.4. The molecular weight excluding hydrogens is 280 g/mol. The van der Waals surface area contributed by atoms with E-state index in [0.717, 1.165) is 5.56 Å². The molecule has 7 nitrogen and oxygen atoms in total. The number of rotatable bonds is 7. The summed E-state index contributed by atoms with van der Waals surface area (Å²) in [5.41, 5.74) is 6.19. The Morgan fingerprint density at radius 2 is 2.25 bits per heavy atom. The highest BCUT2D eigenvalue weighted by molar-refractivity contribution is 7.89. The van der Waals surface area contributed by atoms with Crippen molar-refractivity contribution in [3.8, 4) is 0 Å². The molecule has 3 N–H and O–H groups in total. The van der Waals surface area contributed by atoms with Crippen molar-refractivity contribution in [2.24, 2.45) is 10.9 Å². The highest BCUT2D eigenvalue weighted by atomic mass is 32.2. The molecule has 0 radical (unpaired) electrons. The first-order valence-corrected chi connectivity index (χ1v) is 7.72. The van der Waals surface area contributed by atoms with Gasteiger partial charge >= 0.3 is 0 Å².